The first-order valence-electron chi connectivity index (χ1n) is 11.0. The van der Waals surface area contributed by atoms with Gasteiger partial charge in [-0.05, 0) is 30.7 Å². The lowest BCUT2D eigenvalue weighted by molar-refractivity contribution is -0.149. The molecule has 172 valence electrons. The van der Waals surface area contributed by atoms with E-state index in [0.717, 1.165) is 22.4 Å². The average Bonchev–Trinajstić information content (AvgIpc) is 3.48. The molecule has 2 aliphatic heterocycles. The molecule has 0 saturated carbocycles. The number of hydrogen-bond acceptors (Lipinski definition) is 6. The molecule has 34 heavy (non-hydrogen) atoms. The van der Waals surface area contributed by atoms with Crippen LogP contribution in [0.15, 0.2) is 71.5 Å². The number of amides is 1. The maximum atomic E-state index is 13.4. The number of methoxy groups -OCH3 is 1. The molecule has 1 saturated heterocycles. The van der Waals surface area contributed by atoms with Gasteiger partial charge in [0.1, 0.15) is 5.75 Å². The minimum atomic E-state index is -1.47. The van der Waals surface area contributed by atoms with Crippen molar-refractivity contribution in [3.8, 4) is 11.8 Å². The molecule has 2 aromatic carbocycles. The number of fused-ring (bicyclic) bond motifs is 1. The van der Waals surface area contributed by atoms with Crippen molar-refractivity contribution in [3.63, 3.8) is 0 Å². The van der Waals surface area contributed by atoms with Gasteiger partial charge in [-0.3, -0.25) is 14.4 Å². The molecule has 0 spiro atoms. The van der Waals surface area contributed by atoms with Crippen LogP contribution in [0.5, 0.6) is 5.75 Å². The third kappa shape index (κ3) is 3.67. The SMILES string of the molecule is COc1ccc([C@H]2CC(=O)N3C(=C2C#N)SC[C@]3(O)c2ccc(C)cc2)cc1Cn1cccn1. The zero-order valence-corrected chi connectivity index (χ0v) is 19.7. The smallest absolute Gasteiger partial charge is 0.231 e. The first-order valence-corrected chi connectivity index (χ1v) is 12.0. The summed E-state index contributed by atoms with van der Waals surface area (Å²) in [4.78, 5) is 14.8. The molecule has 5 rings (SSSR count). The van der Waals surface area contributed by atoms with Gasteiger partial charge < -0.3 is 9.84 Å². The van der Waals surface area contributed by atoms with E-state index in [-0.39, 0.29) is 24.0 Å². The van der Waals surface area contributed by atoms with Crippen molar-refractivity contribution in [3.05, 3.63) is 93.8 Å². The van der Waals surface area contributed by atoms with Gasteiger partial charge in [-0.1, -0.05) is 35.9 Å². The number of hydrogen-bond donors (Lipinski definition) is 1. The number of nitriles is 1. The lowest BCUT2D eigenvalue weighted by Gasteiger charge is -2.38. The van der Waals surface area contributed by atoms with E-state index in [4.69, 9.17) is 4.74 Å². The first kappa shape index (κ1) is 22.3. The lowest BCUT2D eigenvalue weighted by Crippen LogP contribution is -2.48. The number of nitrogens with zero attached hydrogens (tertiary/aromatic N) is 4. The van der Waals surface area contributed by atoms with Crippen LogP contribution >= 0.6 is 11.8 Å². The fourth-order valence-electron chi connectivity index (χ4n) is 4.65. The highest BCUT2D eigenvalue weighted by atomic mass is 32.2. The number of aromatic nitrogens is 2. The van der Waals surface area contributed by atoms with Crippen LogP contribution in [0.25, 0.3) is 0 Å². The minimum absolute atomic E-state index is 0.106. The Morgan fingerprint density at radius 3 is 2.76 bits per heavy atom. The van der Waals surface area contributed by atoms with Crippen molar-refractivity contribution in [1.82, 2.24) is 14.7 Å². The molecule has 2 atom stereocenters. The van der Waals surface area contributed by atoms with E-state index in [1.54, 1.807) is 18.0 Å². The van der Waals surface area contributed by atoms with Gasteiger partial charge in [0.05, 0.1) is 36.1 Å². The molecular weight excluding hydrogens is 448 g/mol. The number of thioether (sulfide) groups is 1. The Balaban J connectivity index is 1.54. The molecule has 2 aliphatic rings. The van der Waals surface area contributed by atoms with E-state index >= 15 is 0 Å². The molecule has 3 heterocycles. The monoisotopic (exact) mass is 472 g/mol. The summed E-state index contributed by atoms with van der Waals surface area (Å²) in [6.45, 7) is 2.49. The molecule has 1 N–H and O–H groups in total. The molecule has 0 bridgehead atoms. The summed E-state index contributed by atoms with van der Waals surface area (Å²) < 4.78 is 7.33. The number of benzene rings is 2. The van der Waals surface area contributed by atoms with Gasteiger partial charge in [-0.15, -0.1) is 11.8 Å². The van der Waals surface area contributed by atoms with E-state index < -0.39 is 5.72 Å². The Morgan fingerprint density at radius 1 is 1.29 bits per heavy atom. The van der Waals surface area contributed by atoms with Gasteiger partial charge in [0.2, 0.25) is 5.91 Å². The highest BCUT2D eigenvalue weighted by Gasteiger charge is 2.51. The number of aryl methyl sites for hydroxylation is 1. The summed E-state index contributed by atoms with van der Waals surface area (Å²) in [5.41, 5.74) is 2.53. The molecule has 3 aromatic rings. The van der Waals surface area contributed by atoms with Crippen LogP contribution in [-0.2, 0) is 17.1 Å². The Hall–Kier alpha value is -3.54. The number of rotatable bonds is 5. The van der Waals surface area contributed by atoms with Gasteiger partial charge in [-0.2, -0.15) is 10.4 Å². The third-order valence-corrected chi connectivity index (χ3v) is 7.65. The van der Waals surface area contributed by atoms with Crippen LogP contribution in [0.4, 0.5) is 0 Å². The standard InChI is InChI=1S/C26H24N4O3S/c1-17-4-7-20(8-5-17)26(32)16-34-25-22(14-27)21(13-24(31)30(25)26)18-6-9-23(33-2)19(12-18)15-29-11-3-10-28-29/h3-12,21,32H,13,15-16H2,1-2H3/t21-,26+/m1/s1. The van der Waals surface area contributed by atoms with Crippen molar-refractivity contribution in [1.29, 1.82) is 5.26 Å². The fourth-order valence-corrected chi connectivity index (χ4v) is 6.01. The van der Waals surface area contributed by atoms with Gasteiger partial charge in [0, 0.05) is 35.9 Å². The summed E-state index contributed by atoms with van der Waals surface area (Å²) in [5.74, 6) is 0.413. The summed E-state index contributed by atoms with van der Waals surface area (Å²) in [6, 6.07) is 17.5. The number of aliphatic hydroxyl groups is 1. The Labute approximate surface area is 202 Å². The zero-order chi connectivity index (χ0) is 23.9. The molecule has 8 heteroatoms. The second-order valence-corrected chi connectivity index (χ2v) is 9.53. The van der Waals surface area contributed by atoms with E-state index in [2.05, 4.69) is 11.2 Å². The summed E-state index contributed by atoms with van der Waals surface area (Å²) in [7, 11) is 1.62. The van der Waals surface area contributed by atoms with Crippen molar-refractivity contribution >= 4 is 17.7 Å². The van der Waals surface area contributed by atoms with Crippen LogP contribution in [-0.4, -0.2) is 38.6 Å². The fraction of sp³-hybridized carbons (Fsp3) is 0.269. The van der Waals surface area contributed by atoms with Gasteiger partial charge >= 0.3 is 0 Å². The molecule has 7 nitrogen and oxygen atoms in total. The molecule has 1 fully saturated rings. The first-order chi connectivity index (χ1) is 16.4. The van der Waals surface area contributed by atoms with Gasteiger partial charge in [0.25, 0.3) is 0 Å². The maximum Gasteiger partial charge on any atom is 0.231 e. The van der Waals surface area contributed by atoms with E-state index in [0.29, 0.717) is 22.7 Å². The van der Waals surface area contributed by atoms with Crippen LogP contribution < -0.4 is 4.74 Å². The second kappa shape index (κ2) is 8.67. The Kier molecular flexibility index (Phi) is 5.68. The van der Waals surface area contributed by atoms with Crippen molar-refractivity contribution in [2.45, 2.75) is 31.5 Å². The van der Waals surface area contributed by atoms with Crippen LogP contribution in [0.3, 0.4) is 0 Å². The molecule has 0 radical (unpaired) electrons. The molecular formula is C26H24N4O3S. The van der Waals surface area contributed by atoms with Gasteiger partial charge in [-0.25, -0.2) is 0 Å². The highest BCUT2D eigenvalue weighted by Crippen LogP contribution is 2.51. The normalized spacial score (nSPS) is 22.0. The largest absolute Gasteiger partial charge is 0.496 e. The van der Waals surface area contributed by atoms with Crippen LogP contribution in [0.1, 0.15) is 34.6 Å². The molecule has 1 aromatic heterocycles. The summed E-state index contributed by atoms with van der Waals surface area (Å²) in [5, 5.41) is 26.5. The molecule has 0 unspecified atom stereocenters. The Morgan fingerprint density at radius 2 is 2.09 bits per heavy atom. The molecule has 0 aliphatic carbocycles. The number of ether oxygens (including phenoxy) is 1. The zero-order valence-electron chi connectivity index (χ0n) is 18.9. The third-order valence-electron chi connectivity index (χ3n) is 6.42. The van der Waals surface area contributed by atoms with Crippen molar-refractivity contribution in [2.75, 3.05) is 12.9 Å². The lowest BCUT2D eigenvalue weighted by atomic mass is 9.84. The second-order valence-electron chi connectivity index (χ2n) is 8.56. The predicted molar refractivity (Wildman–Crippen MR) is 129 cm³/mol. The highest BCUT2D eigenvalue weighted by molar-refractivity contribution is 8.03. The van der Waals surface area contributed by atoms with Crippen LogP contribution in [0, 0.1) is 18.3 Å². The average molecular weight is 473 g/mol. The van der Waals surface area contributed by atoms with E-state index in [1.165, 1.54) is 16.7 Å². The summed E-state index contributed by atoms with van der Waals surface area (Å²) in [6.07, 6.45) is 3.70. The number of allylic oxidation sites excluding steroid dienone is 1. The van der Waals surface area contributed by atoms with E-state index in [9.17, 15) is 15.2 Å². The topological polar surface area (TPSA) is 91.4 Å². The van der Waals surface area contributed by atoms with Crippen molar-refractivity contribution < 1.29 is 14.6 Å². The maximum absolute atomic E-state index is 13.4. The number of carbonyl (C=O) groups is 1. The minimum Gasteiger partial charge on any atom is -0.496 e. The van der Waals surface area contributed by atoms with Gasteiger partial charge in [0.15, 0.2) is 5.72 Å². The predicted octanol–water partition coefficient (Wildman–Crippen LogP) is 3.89. The van der Waals surface area contributed by atoms with Crippen LogP contribution in [0.2, 0.25) is 0 Å². The molecule has 1 amide bonds. The quantitative estimate of drug-likeness (QED) is 0.606. The van der Waals surface area contributed by atoms with E-state index in [1.807, 2.05) is 61.7 Å². The Bertz CT molecular complexity index is 1310. The summed E-state index contributed by atoms with van der Waals surface area (Å²) >= 11 is 1.36. The van der Waals surface area contributed by atoms with Crippen molar-refractivity contribution in [2.24, 2.45) is 0 Å². The number of carbonyl (C=O) groups excluding carboxylic acids is 1.